The van der Waals surface area contributed by atoms with Crippen molar-refractivity contribution in [3.8, 4) is 0 Å². The van der Waals surface area contributed by atoms with Gasteiger partial charge in [0.15, 0.2) is 0 Å². The molecule has 1 aromatic heterocycles. The lowest BCUT2D eigenvalue weighted by atomic mass is 9.98. The van der Waals surface area contributed by atoms with Crippen LogP contribution >= 0.6 is 0 Å². The van der Waals surface area contributed by atoms with Crippen molar-refractivity contribution in [3.05, 3.63) is 35.5 Å². The van der Waals surface area contributed by atoms with Crippen molar-refractivity contribution in [1.82, 2.24) is 9.88 Å². The van der Waals surface area contributed by atoms with Gasteiger partial charge in [0.1, 0.15) is 5.69 Å². The Morgan fingerprint density at radius 3 is 2.85 bits per heavy atom. The van der Waals surface area contributed by atoms with E-state index in [1.807, 2.05) is 18.0 Å². The maximum atomic E-state index is 12.4. The molecule has 3 heteroatoms. The van der Waals surface area contributed by atoms with Crippen molar-refractivity contribution in [2.45, 2.75) is 45.1 Å². The predicted octanol–water partition coefficient (Wildman–Crippen LogP) is 4.16. The zero-order chi connectivity index (χ0) is 14.3. The molecule has 0 radical (unpaired) electrons. The molecular formula is C17H24N2O. The lowest BCUT2D eigenvalue weighted by Crippen LogP contribution is -2.28. The molecule has 1 unspecified atom stereocenters. The number of H-pyrrole nitrogens is 1. The number of carbonyl (C=O) groups is 1. The molecule has 2 aromatic rings. The zero-order valence-corrected chi connectivity index (χ0v) is 12.4. The quantitative estimate of drug-likeness (QED) is 0.891. The van der Waals surface area contributed by atoms with Crippen LogP contribution in [-0.2, 0) is 0 Å². The third kappa shape index (κ3) is 2.33. The van der Waals surface area contributed by atoms with Gasteiger partial charge in [0.25, 0.3) is 5.91 Å². The summed E-state index contributed by atoms with van der Waals surface area (Å²) >= 11 is 0. The Hall–Kier alpha value is -1.77. The van der Waals surface area contributed by atoms with E-state index in [2.05, 4.69) is 37.0 Å². The fourth-order valence-corrected chi connectivity index (χ4v) is 2.62. The lowest BCUT2D eigenvalue weighted by molar-refractivity contribution is 0.0780. The fourth-order valence-electron chi connectivity index (χ4n) is 2.62. The van der Waals surface area contributed by atoms with Crippen LogP contribution in [0.3, 0.4) is 0 Å². The molecular weight excluding hydrogens is 248 g/mol. The number of aromatic amines is 1. The molecule has 1 atom stereocenters. The van der Waals surface area contributed by atoms with Crippen LogP contribution in [0.1, 0.15) is 56.5 Å². The van der Waals surface area contributed by atoms with Crippen LogP contribution in [0.15, 0.2) is 24.3 Å². The van der Waals surface area contributed by atoms with Gasteiger partial charge in [-0.1, -0.05) is 26.0 Å². The Balaban J connectivity index is 0.00000161. The fraction of sp³-hybridized carbons (Fsp3) is 0.471. The van der Waals surface area contributed by atoms with E-state index in [0.717, 1.165) is 30.2 Å². The van der Waals surface area contributed by atoms with E-state index in [1.54, 1.807) is 0 Å². The summed E-state index contributed by atoms with van der Waals surface area (Å²) in [7, 11) is 1.90. The monoisotopic (exact) mass is 272 g/mol. The van der Waals surface area contributed by atoms with Gasteiger partial charge in [0.05, 0.1) is 0 Å². The molecule has 1 saturated carbocycles. The maximum Gasteiger partial charge on any atom is 0.270 e. The van der Waals surface area contributed by atoms with Gasteiger partial charge in [0.2, 0.25) is 0 Å². The number of hydrogen-bond donors (Lipinski definition) is 1. The van der Waals surface area contributed by atoms with Gasteiger partial charge in [-0.15, -0.1) is 0 Å². The second-order valence-electron chi connectivity index (χ2n) is 5.99. The summed E-state index contributed by atoms with van der Waals surface area (Å²) in [5.74, 6) is 0.657. The molecule has 1 aliphatic carbocycles. The van der Waals surface area contributed by atoms with E-state index >= 15 is 0 Å². The van der Waals surface area contributed by atoms with Gasteiger partial charge in [0, 0.05) is 25.4 Å². The Bertz CT molecular complexity index is 645. The first-order valence-electron chi connectivity index (χ1n) is 7.50. The topological polar surface area (TPSA) is 36.1 Å². The molecule has 1 aliphatic rings. The third-order valence-corrected chi connectivity index (χ3v) is 4.47. The van der Waals surface area contributed by atoms with Crippen molar-refractivity contribution in [1.29, 1.82) is 0 Å². The summed E-state index contributed by atoms with van der Waals surface area (Å²) < 4.78 is 0. The summed E-state index contributed by atoms with van der Waals surface area (Å²) in [5.41, 5.74) is 3.10. The highest BCUT2D eigenvalue weighted by molar-refractivity contribution is 5.98. The molecule has 1 heterocycles. The summed E-state index contributed by atoms with van der Waals surface area (Å²) in [6, 6.07) is 8.88. The molecule has 1 amide bonds. The maximum absolute atomic E-state index is 12.4. The van der Waals surface area contributed by atoms with Gasteiger partial charge < -0.3 is 9.88 Å². The van der Waals surface area contributed by atoms with Crippen LogP contribution in [0.2, 0.25) is 0 Å². The second kappa shape index (κ2) is 4.97. The van der Waals surface area contributed by atoms with Crippen LogP contribution in [0, 0.1) is 0 Å². The van der Waals surface area contributed by atoms with Gasteiger partial charge in [-0.2, -0.15) is 0 Å². The highest BCUT2D eigenvalue weighted by atomic mass is 16.2. The van der Waals surface area contributed by atoms with Crippen LogP contribution in [-0.4, -0.2) is 28.9 Å². The van der Waals surface area contributed by atoms with Crippen LogP contribution in [0.25, 0.3) is 10.9 Å². The summed E-state index contributed by atoms with van der Waals surface area (Å²) in [4.78, 5) is 17.5. The number of rotatable bonds is 4. The van der Waals surface area contributed by atoms with Crippen molar-refractivity contribution >= 4 is 16.8 Å². The van der Waals surface area contributed by atoms with Crippen molar-refractivity contribution < 1.29 is 6.22 Å². The normalized spacial score (nSPS) is 16.4. The molecule has 0 saturated heterocycles. The van der Waals surface area contributed by atoms with Crippen molar-refractivity contribution in [2.75, 3.05) is 7.05 Å². The number of benzene rings is 1. The highest BCUT2D eigenvalue weighted by Crippen LogP contribution is 2.28. The molecule has 3 rings (SSSR count). The molecule has 1 N–H and O–H groups in total. The van der Waals surface area contributed by atoms with E-state index in [1.165, 1.54) is 5.56 Å². The standard InChI is InChI=1S/C17H22N2O.H2/c1-4-11(2)12-5-6-13-10-16(18-15(13)9-12)17(20)19(3)14-7-8-14;/h5-6,9-11,14,18H,4,7-8H2,1-3H3;1H. The summed E-state index contributed by atoms with van der Waals surface area (Å²) in [5, 5.41) is 1.12. The number of aromatic nitrogens is 1. The predicted molar refractivity (Wildman–Crippen MR) is 84.2 cm³/mol. The minimum Gasteiger partial charge on any atom is -0.351 e. The number of nitrogens with one attached hydrogen (secondary N) is 1. The number of fused-ring (bicyclic) bond motifs is 1. The summed E-state index contributed by atoms with van der Waals surface area (Å²) in [6.07, 6.45) is 3.41. The van der Waals surface area contributed by atoms with E-state index in [9.17, 15) is 4.79 Å². The van der Waals surface area contributed by atoms with E-state index < -0.39 is 0 Å². The van der Waals surface area contributed by atoms with E-state index in [-0.39, 0.29) is 7.33 Å². The SMILES string of the molecule is CCC(C)c1ccc2cc(C(=O)N(C)C3CC3)[nH]c2c1.[HH]. The third-order valence-electron chi connectivity index (χ3n) is 4.47. The molecule has 0 spiro atoms. The molecule has 108 valence electrons. The number of carbonyl (C=O) groups excluding carboxylic acids is 1. The second-order valence-corrected chi connectivity index (χ2v) is 5.99. The minimum absolute atomic E-state index is 0. The lowest BCUT2D eigenvalue weighted by Gasteiger charge is -2.14. The Kier molecular flexibility index (Phi) is 3.28. The molecule has 0 aliphatic heterocycles. The molecule has 0 bridgehead atoms. The van der Waals surface area contributed by atoms with Crippen LogP contribution in [0.5, 0.6) is 0 Å². The molecule has 3 nitrogen and oxygen atoms in total. The molecule has 20 heavy (non-hydrogen) atoms. The van der Waals surface area contributed by atoms with Crippen LogP contribution < -0.4 is 0 Å². The number of amides is 1. The number of hydrogen-bond acceptors (Lipinski definition) is 1. The average molecular weight is 272 g/mol. The van der Waals surface area contributed by atoms with Gasteiger partial charge in [-0.05, 0) is 42.9 Å². The molecule has 1 fully saturated rings. The first-order valence-corrected chi connectivity index (χ1v) is 7.50. The van der Waals surface area contributed by atoms with Crippen molar-refractivity contribution in [2.24, 2.45) is 0 Å². The minimum atomic E-state index is 0. The Morgan fingerprint density at radius 2 is 2.20 bits per heavy atom. The largest absolute Gasteiger partial charge is 0.351 e. The zero-order valence-electron chi connectivity index (χ0n) is 12.4. The Labute approximate surface area is 121 Å². The smallest absolute Gasteiger partial charge is 0.270 e. The van der Waals surface area contributed by atoms with Gasteiger partial charge >= 0.3 is 0 Å². The van der Waals surface area contributed by atoms with E-state index in [0.29, 0.717) is 17.7 Å². The Morgan fingerprint density at radius 1 is 1.45 bits per heavy atom. The highest BCUT2D eigenvalue weighted by Gasteiger charge is 2.30. The molecule has 1 aromatic carbocycles. The average Bonchev–Trinajstić information content (AvgIpc) is 3.23. The van der Waals surface area contributed by atoms with Crippen molar-refractivity contribution in [3.63, 3.8) is 0 Å². The first kappa shape index (κ1) is 13.2. The van der Waals surface area contributed by atoms with Gasteiger partial charge in [-0.3, -0.25) is 4.79 Å². The summed E-state index contributed by atoms with van der Waals surface area (Å²) in [6.45, 7) is 4.43. The van der Waals surface area contributed by atoms with Crippen LogP contribution in [0.4, 0.5) is 0 Å². The number of nitrogens with zero attached hydrogens (tertiary/aromatic N) is 1. The van der Waals surface area contributed by atoms with Gasteiger partial charge in [-0.25, -0.2) is 0 Å². The first-order chi connectivity index (χ1) is 9.60. The van der Waals surface area contributed by atoms with E-state index in [4.69, 9.17) is 0 Å².